The molecule has 0 radical (unpaired) electrons. The SMILES string of the molecule is CCOc1cc(CN2C3CCC2c2cnc4cc(C)nn4c2C3)ccc1OCCO. The van der Waals surface area contributed by atoms with Gasteiger partial charge in [-0.2, -0.15) is 5.10 Å². The van der Waals surface area contributed by atoms with Gasteiger partial charge >= 0.3 is 0 Å². The second-order valence-electron chi connectivity index (χ2n) is 8.13. The molecule has 0 amide bonds. The molecule has 2 atom stereocenters. The molecule has 1 fully saturated rings. The van der Waals surface area contributed by atoms with Gasteiger partial charge in [0, 0.05) is 42.9 Å². The highest BCUT2D eigenvalue weighted by molar-refractivity contribution is 5.45. The maximum Gasteiger partial charge on any atom is 0.161 e. The molecule has 0 aliphatic carbocycles. The summed E-state index contributed by atoms with van der Waals surface area (Å²) in [5, 5.41) is 13.7. The van der Waals surface area contributed by atoms with E-state index < -0.39 is 0 Å². The molecule has 2 aliphatic heterocycles. The third-order valence-electron chi connectivity index (χ3n) is 6.19. The van der Waals surface area contributed by atoms with Crippen molar-refractivity contribution < 1.29 is 14.6 Å². The summed E-state index contributed by atoms with van der Waals surface area (Å²) >= 11 is 0. The smallest absolute Gasteiger partial charge is 0.161 e. The number of benzene rings is 1. The second-order valence-corrected chi connectivity index (χ2v) is 8.13. The van der Waals surface area contributed by atoms with Crippen LogP contribution in [0.15, 0.2) is 30.5 Å². The Morgan fingerprint density at radius 3 is 2.90 bits per heavy atom. The van der Waals surface area contributed by atoms with Gasteiger partial charge in [-0.25, -0.2) is 9.50 Å². The Bertz CT molecular complexity index is 1060. The Balaban J connectivity index is 1.42. The normalized spacial score (nSPS) is 20.5. The van der Waals surface area contributed by atoms with E-state index in [-0.39, 0.29) is 13.2 Å². The van der Waals surface area contributed by atoms with E-state index in [2.05, 4.69) is 33.3 Å². The molecule has 2 aliphatic rings. The standard InChI is InChI=1S/C23H28N4O3/c1-3-29-22-11-16(4-7-21(22)30-9-8-28)14-26-17-5-6-19(26)18-13-24-23-10-15(2)25-27(23)20(18)12-17/h4,7,10-11,13,17,19,28H,3,5-6,8-9,12,14H2,1-2H3. The van der Waals surface area contributed by atoms with Gasteiger partial charge < -0.3 is 14.6 Å². The number of hydrogen-bond donors (Lipinski definition) is 1. The number of rotatable bonds is 7. The zero-order chi connectivity index (χ0) is 20.7. The quantitative estimate of drug-likeness (QED) is 0.648. The van der Waals surface area contributed by atoms with Gasteiger partial charge in [0.15, 0.2) is 17.1 Å². The maximum atomic E-state index is 9.05. The van der Waals surface area contributed by atoms with Crippen LogP contribution in [0.3, 0.4) is 0 Å². The van der Waals surface area contributed by atoms with Gasteiger partial charge in [-0.15, -0.1) is 0 Å². The molecule has 0 saturated carbocycles. The van der Waals surface area contributed by atoms with Crippen LogP contribution >= 0.6 is 0 Å². The summed E-state index contributed by atoms with van der Waals surface area (Å²) in [5.41, 5.74) is 5.79. The molecule has 7 heteroatoms. The number of fused-ring (bicyclic) bond motifs is 6. The minimum atomic E-state index is -0.0130. The van der Waals surface area contributed by atoms with Gasteiger partial charge in [0.1, 0.15) is 6.61 Å². The zero-order valence-electron chi connectivity index (χ0n) is 17.5. The van der Waals surface area contributed by atoms with Crippen LogP contribution in [-0.4, -0.2) is 50.5 Å². The first-order chi connectivity index (χ1) is 14.7. The average molecular weight is 409 g/mol. The Kier molecular flexibility index (Phi) is 5.08. The lowest BCUT2D eigenvalue weighted by atomic mass is 9.98. The Labute approximate surface area is 176 Å². The molecule has 2 aromatic heterocycles. The average Bonchev–Trinajstić information content (AvgIpc) is 3.25. The van der Waals surface area contributed by atoms with E-state index in [9.17, 15) is 0 Å². The molecule has 4 heterocycles. The second kappa shape index (κ2) is 7.89. The van der Waals surface area contributed by atoms with Crippen molar-refractivity contribution in [2.45, 2.75) is 51.7 Å². The predicted octanol–water partition coefficient (Wildman–Crippen LogP) is 3.07. The highest BCUT2D eigenvalue weighted by atomic mass is 16.5. The summed E-state index contributed by atoms with van der Waals surface area (Å²) in [6.45, 7) is 5.68. The molecule has 30 heavy (non-hydrogen) atoms. The van der Waals surface area contributed by atoms with Crippen LogP contribution in [0.5, 0.6) is 11.5 Å². The first-order valence-electron chi connectivity index (χ1n) is 10.8. The molecule has 3 aromatic rings. The van der Waals surface area contributed by atoms with E-state index in [1.165, 1.54) is 23.2 Å². The monoisotopic (exact) mass is 408 g/mol. The zero-order valence-corrected chi connectivity index (χ0v) is 17.5. The molecular weight excluding hydrogens is 380 g/mol. The van der Waals surface area contributed by atoms with Gasteiger partial charge in [0.05, 0.1) is 24.6 Å². The Hall–Kier alpha value is -2.64. The Morgan fingerprint density at radius 2 is 2.07 bits per heavy atom. The summed E-state index contributed by atoms with van der Waals surface area (Å²) in [7, 11) is 0. The van der Waals surface area contributed by atoms with Crippen LogP contribution in [0.4, 0.5) is 0 Å². The fourth-order valence-corrected chi connectivity index (χ4v) is 4.95. The first kappa shape index (κ1) is 19.3. The minimum absolute atomic E-state index is 0.0130. The molecule has 1 aromatic carbocycles. The van der Waals surface area contributed by atoms with Crippen molar-refractivity contribution in [2.75, 3.05) is 19.8 Å². The van der Waals surface area contributed by atoms with Crippen LogP contribution in [0.2, 0.25) is 0 Å². The molecular formula is C23H28N4O3. The van der Waals surface area contributed by atoms with Crippen molar-refractivity contribution in [2.24, 2.45) is 0 Å². The van der Waals surface area contributed by atoms with E-state index in [1.54, 1.807) is 0 Å². The Morgan fingerprint density at radius 1 is 1.17 bits per heavy atom. The minimum Gasteiger partial charge on any atom is -0.490 e. The van der Waals surface area contributed by atoms with Crippen molar-refractivity contribution >= 4 is 5.65 Å². The molecule has 7 nitrogen and oxygen atoms in total. The molecule has 2 bridgehead atoms. The predicted molar refractivity (Wildman–Crippen MR) is 113 cm³/mol. The third kappa shape index (κ3) is 3.32. The van der Waals surface area contributed by atoms with Crippen molar-refractivity contribution in [1.82, 2.24) is 19.5 Å². The van der Waals surface area contributed by atoms with Crippen LogP contribution in [0.1, 0.15) is 48.3 Å². The summed E-state index contributed by atoms with van der Waals surface area (Å²) in [6.07, 6.45) is 5.41. The number of aliphatic hydroxyl groups is 1. The van der Waals surface area contributed by atoms with Gasteiger partial charge in [-0.1, -0.05) is 6.07 Å². The van der Waals surface area contributed by atoms with E-state index in [4.69, 9.17) is 14.6 Å². The molecule has 1 N–H and O–H groups in total. The van der Waals surface area contributed by atoms with Crippen LogP contribution in [-0.2, 0) is 13.0 Å². The number of aromatic nitrogens is 3. The number of ether oxygens (including phenoxy) is 2. The lowest BCUT2D eigenvalue weighted by Crippen LogP contribution is -2.38. The number of hydrogen-bond acceptors (Lipinski definition) is 6. The highest BCUT2D eigenvalue weighted by Crippen LogP contribution is 2.44. The summed E-state index contributed by atoms with van der Waals surface area (Å²) in [5.74, 6) is 1.42. The highest BCUT2D eigenvalue weighted by Gasteiger charge is 2.41. The fourth-order valence-electron chi connectivity index (χ4n) is 4.95. The number of aliphatic hydroxyl groups excluding tert-OH is 1. The van der Waals surface area contributed by atoms with Gasteiger partial charge in [-0.05, 0) is 44.4 Å². The molecule has 158 valence electrons. The lowest BCUT2D eigenvalue weighted by Gasteiger charge is -2.36. The summed E-state index contributed by atoms with van der Waals surface area (Å²) < 4.78 is 13.5. The molecule has 1 saturated heterocycles. The van der Waals surface area contributed by atoms with Crippen LogP contribution < -0.4 is 9.47 Å². The number of aryl methyl sites for hydroxylation is 1. The van der Waals surface area contributed by atoms with E-state index in [1.807, 2.05) is 30.5 Å². The number of nitrogens with zero attached hydrogens (tertiary/aromatic N) is 4. The van der Waals surface area contributed by atoms with E-state index in [0.29, 0.717) is 24.4 Å². The van der Waals surface area contributed by atoms with Crippen LogP contribution in [0.25, 0.3) is 5.65 Å². The van der Waals surface area contributed by atoms with Crippen molar-refractivity contribution in [3.8, 4) is 11.5 Å². The van der Waals surface area contributed by atoms with Crippen molar-refractivity contribution in [3.63, 3.8) is 0 Å². The van der Waals surface area contributed by atoms with E-state index in [0.717, 1.165) is 36.5 Å². The molecule has 5 rings (SSSR count). The largest absolute Gasteiger partial charge is 0.490 e. The summed E-state index contributed by atoms with van der Waals surface area (Å²) in [6, 6.07) is 9.06. The third-order valence-corrected chi connectivity index (χ3v) is 6.19. The lowest BCUT2D eigenvalue weighted by molar-refractivity contribution is 0.164. The van der Waals surface area contributed by atoms with Gasteiger partial charge in [-0.3, -0.25) is 4.90 Å². The molecule has 0 spiro atoms. The van der Waals surface area contributed by atoms with Gasteiger partial charge in [0.2, 0.25) is 0 Å². The van der Waals surface area contributed by atoms with Crippen LogP contribution in [0, 0.1) is 6.92 Å². The van der Waals surface area contributed by atoms with Crippen molar-refractivity contribution in [3.05, 3.63) is 53.0 Å². The first-order valence-corrected chi connectivity index (χ1v) is 10.8. The maximum absolute atomic E-state index is 9.05. The topological polar surface area (TPSA) is 72.1 Å². The molecule has 2 unspecified atom stereocenters. The van der Waals surface area contributed by atoms with Crippen molar-refractivity contribution in [1.29, 1.82) is 0 Å². The van der Waals surface area contributed by atoms with E-state index >= 15 is 0 Å². The van der Waals surface area contributed by atoms with Gasteiger partial charge in [0.25, 0.3) is 0 Å². The fraction of sp³-hybridized carbons (Fsp3) is 0.478. The summed E-state index contributed by atoms with van der Waals surface area (Å²) in [4.78, 5) is 7.27.